The van der Waals surface area contributed by atoms with Crippen molar-refractivity contribution in [3.8, 4) is 0 Å². The summed E-state index contributed by atoms with van der Waals surface area (Å²) in [7, 11) is 0. The van der Waals surface area contributed by atoms with Crippen LogP contribution in [-0.4, -0.2) is 17.0 Å². The molecule has 1 heterocycles. The zero-order chi connectivity index (χ0) is 16.2. The summed E-state index contributed by atoms with van der Waals surface area (Å²) in [6.45, 7) is 2.27. The molecule has 0 amide bonds. The molecular weight excluding hydrogens is 304 g/mol. The van der Waals surface area contributed by atoms with Crippen LogP contribution in [0.5, 0.6) is 0 Å². The van der Waals surface area contributed by atoms with E-state index in [2.05, 4.69) is 22.4 Å². The Hall–Kier alpha value is -2.33. The fourth-order valence-electron chi connectivity index (χ4n) is 2.63. The summed E-state index contributed by atoms with van der Waals surface area (Å²) in [5.41, 5.74) is 3.62. The zero-order valence-corrected chi connectivity index (χ0v) is 14.0. The predicted molar refractivity (Wildman–Crippen MR) is 97.3 cm³/mol. The number of nitrogens with zero attached hydrogens (tertiary/aromatic N) is 1. The van der Waals surface area contributed by atoms with E-state index in [9.17, 15) is 4.79 Å². The van der Waals surface area contributed by atoms with Crippen molar-refractivity contribution in [1.29, 1.82) is 0 Å². The Morgan fingerprint density at radius 3 is 2.48 bits per heavy atom. The van der Waals surface area contributed by atoms with E-state index in [1.54, 1.807) is 6.92 Å². The summed E-state index contributed by atoms with van der Waals surface area (Å²) >= 11 is 1.50. The Morgan fingerprint density at radius 2 is 1.78 bits per heavy atom. The monoisotopic (exact) mass is 322 g/mol. The van der Waals surface area contributed by atoms with E-state index in [4.69, 9.17) is 0 Å². The van der Waals surface area contributed by atoms with Gasteiger partial charge in [0.15, 0.2) is 5.78 Å². The lowest BCUT2D eigenvalue weighted by Crippen LogP contribution is -2.08. The third-order valence-corrected chi connectivity index (χ3v) is 4.40. The van der Waals surface area contributed by atoms with Crippen molar-refractivity contribution < 1.29 is 4.79 Å². The zero-order valence-electron chi connectivity index (χ0n) is 13.2. The number of hydrogen-bond acceptors (Lipinski definition) is 4. The molecule has 116 valence electrons. The van der Waals surface area contributed by atoms with Gasteiger partial charge in [-0.15, -0.1) is 11.8 Å². The highest BCUT2D eigenvalue weighted by molar-refractivity contribution is 7.98. The second-order valence-electron chi connectivity index (χ2n) is 5.28. The van der Waals surface area contributed by atoms with Crippen molar-refractivity contribution in [3.05, 3.63) is 65.7 Å². The normalized spacial score (nSPS) is 10.7. The van der Waals surface area contributed by atoms with Crippen LogP contribution in [0.1, 0.15) is 22.8 Å². The second-order valence-corrected chi connectivity index (χ2v) is 6.08. The van der Waals surface area contributed by atoms with Gasteiger partial charge in [-0.05, 0) is 24.8 Å². The highest BCUT2D eigenvalue weighted by Gasteiger charge is 2.17. The second kappa shape index (κ2) is 6.84. The van der Waals surface area contributed by atoms with Crippen LogP contribution in [0.25, 0.3) is 10.9 Å². The first kappa shape index (κ1) is 15.6. The molecule has 3 nitrogen and oxygen atoms in total. The molecule has 0 aliphatic rings. The maximum atomic E-state index is 12.2. The summed E-state index contributed by atoms with van der Waals surface area (Å²) in [6.07, 6.45) is 1.95. The summed E-state index contributed by atoms with van der Waals surface area (Å²) in [5, 5.41) is 5.20. The Labute approximate surface area is 140 Å². The number of ketones is 1. The number of carbonyl (C=O) groups is 1. The standard InChI is InChI=1S/C19H18N2OS/c1-13(22)17-18(20-12-14-8-4-3-5-9-14)15-10-6-7-11-16(15)21-19(17)23-2/h3-11H,12H2,1-2H3,(H,20,21). The average molecular weight is 322 g/mol. The van der Waals surface area contributed by atoms with Crippen LogP contribution >= 0.6 is 11.8 Å². The van der Waals surface area contributed by atoms with E-state index < -0.39 is 0 Å². The Bertz CT molecular complexity index is 847. The molecule has 0 atom stereocenters. The lowest BCUT2D eigenvalue weighted by molar-refractivity contribution is 0.101. The molecular formula is C19H18N2OS. The first-order valence-corrected chi connectivity index (χ1v) is 8.68. The number of aromatic nitrogens is 1. The highest BCUT2D eigenvalue weighted by atomic mass is 32.2. The summed E-state index contributed by atoms with van der Waals surface area (Å²) in [5.74, 6) is 0.0307. The van der Waals surface area contributed by atoms with Crippen molar-refractivity contribution >= 4 is 34.1 Å². The summed E-state index contributed by atoms with van der Waals surface area (Å²) in [4.78, 5) is 16.8. The summed E-state index contributed by atoms with van der Waals surface area (Å²) < 4.78 is 0. The summed E-state index contributed by atoms with van der Waals surface area (Å²) in [6, 6.07) is 18.1. The van der Waals surface area contributed by atoms with Crippen LogP contribution < -0.4 is 5.32 Å². The number of fused-ring (bicyclic) bond motifs is 1. The van der Waals surface area contributed by atoms with Gasteiger partial charge in [-0.1, -0.05) is 48.5 Å². The number of para-hydroxylation sites is 1. The van der Waals surface area contributed by atoms with Gasteiger partial charge in [0.05, 0.1) is 16.8 Å². The molecule has 0 aliphatic carbocycles. The van der Waals surface area contributed by atoms with Gasteiger partial charge in [-0.2, -0.15) is 0 Å². The number of anilines is 1. The molecule has 1 N–H and O–H groups in total. The lowest BCUT2D eigenvalue weighted by atomic mass is 10.1. The molecule has 0 fully saturated rings. The number of rotatable bonds is 5. The van der Waals surface area contributed by atoms with Crippen molar-refractivity contribution in [3.63, 3.8) is 0 Å². The van der Waals surface area contributed by atoms with Crippen LogP contribution in [-0.2, 0) is 6.54 Å². The molecule has 0 bridgehead atoms. The van der Waals surface area contributed by atoms with Crippen LogP contribution in [0.15, 0.2) is 59.6 Å². The average Bonchev–Trinajstić information content (AvgIpc) is 2.59. The maximum absolute atomic E-state index is 12.2. The van der Waals surface area contributed by atoms with E-state index in [0.717, 1.165) is 21.6 Å². The molecule has 0 unspecified atom stereocenters. The number of carbonyl (C=O) groups excluding carboxylic acids is 1. The number of nitrogens with one attached hydrogen (secondary N) is 1. The topological polar surface area (TPSA) is 42.0 Å². The molecule has 3 rings (SSSR count). The van der Waals surface area contributed by atoms with Crippen molar-refractivity contribution in [2.75, 3.05) is 11.6 Å². The molecule has 3 aromatic rings. The third kappa shape index (κ3) is 3.22. The van der Waals surface area contributed by atoms with Crippen LogP contribution in [0.4, 0.5) is 5.69 Å². The number of benzene rings is 2. The van der Waals surface area contributed by atoms with Gasteiger partial charge >= 0.3 is 0 Å². The third-order valence-electron chi connectivity index (χ3n) is 3.72. The minimum Gasteiger partial charge on any atom is -0.380 e. The highest BCUT2D eigenvalue weighted by Crippen LogP contribution is 2.33. The van der Waals surface area contributed by atoms with Crippen molar-refractivity contribution in [1.82, 2.24) is 4.98 Å². The quantitative estimate of drug-likeness (QED) is 0.542. The van der Waals surface area contributed by atoms with Gasteiger partial charge in [0.1, 0.15) is 5.03 Å². The minimum absolute atomic E-state index is 0.0307. The van der Waals surface area contributed by atoms with Crippen molar-refractivity contribution in [2.24, 2.45) is 0 Å². The number of Topliss-reactive ketones (excluding diaryl/α,β-unsaturated/α-hetero) is 1. The molecule has 0 saturated carbocycles. The van der Waals surface area contributed by atoms with Gasteiger partial charge in [-0.3, -0.25) is 4.79 Å². The van der Waals surface area contributed by atoms with Crippen LogP contribution in [0.3, 0.4) is 0 Å². The van der Waals surface area contributed by atoms with E-state index in [1.807, 2.05) is 48.7 Å². The molecule has 2 aromatic carbocycles. The smallest absolute Gasteiger partial charge is 0.164 e. The number of hydrogen-bond donors (Lipinski definition) is 1. The van der Waals surface area contributed by atoms with Gasteiger partial charge in [-0.25, -0.2) is 4.98 Å². The minimum atomic E-state index is 0.0307. The fraction of sp³-hybridized carbons (Fsp3) is 0.158. The van der Waals surface area contributed by atoms with Gasteiger partial charge in [0.2, 0.25) is 0 Å². The van der Waals surface area contributed by atoms with Crippen LogP contribution in [0, 0.1) is 0 Å². The molecule has 0 radical (unpaired) electrons. The fourth-order valence-corrected chi connectivity index (χ4v) is 3.27. The largest absolute Gasteiger partial charge is 0.380 e. The van der Waals surface area contributed by atoms with Crippen molar-refractivity contribution in [2.45, 2.75) is 18.5 Å². The van der Waals surface area contributed by atoms with Gasteiger partial charge < -0.3 is 5.32 Å². The first-order chi connectivity index (χ1) is 11.2. The SMILES string of the molecule is CSc1nc2ccccc2c(NCc2ccccc2)c1C(C)=O. The molecule has 0 spiro atoms. The molecule has 1 aromatic heterocycles. The molecule has 4 heteroatoms. The number of pyridine rings is 1. The van der Waals surface area contributed by atoms with Gasteiger partial charge in [0.25, 0.3) is 0 Å². The first-order valence-electron chi connectivity index (χ1n) is 7.46. The van der Waals surface area contributed by atoms with Crippen LogP contribution in [0.2, 0.25) is 0 Å². The molecule has 0 aliphatic heterocycles. The number of thioether (sulfide) groups is 1. The predicted octanol–water partition coefficient (Wildman–Crippen LogP) is 4.77. The Morgan fingerprint density at radius 1 is 1.09 bits per heavy atom. The van der Waals surface area contributed by atoms with E-state index in [1.165, 1.54) is 17.3 Å². The van der Waals surface area contributed by atoms with E-state index >= 15 is 0 Å². The van der Waals surface area contributed by atoms with E-state index in [-0.39, 0.29) is 5.78 Å². The Balaban J connectivity index is 2.11. The maximum Gasteiger partial charge on any atom is 0.164 e. The molecule has 23 heavy (non-hydrogen) atoms. The Kier molecular flexibility index (Phi) is 4.63. The van der Waals surface area contributed by atoms with Gasteiger partial charge in [0, 0.05) is 11.9 Å². The molecule has 0 saturated heterocycles. The van der Waals surface area contributed by atoms with E-state index in [0.29, 0.717) is 12.1 Å². The lowest BCUT2D eigenvalue weighted by Gasteiger charge is -2.16.